The second-order valence-electron chi connectivity index (χ2n) is 7.75. The Morgan fingerprint density at radius 3 is 2.68 bits per heavy atom. The zero-order valence-corrected chi connectivity index (χ0v) is 19.4. The Balaban J connectivity index is 1.48. The molecule has 9 heteroatoms. The van der Waals surface area contributed by atoms with Crippen LogP contribution in [-0.4, -0.2) is 30.9 Å². The zero-order chi connectivity index (χ0) is 24.1. The summed E-state index contributed by atoms with van der Waals surface area (Å²) < 4.78 is 46.4. The number of rotatable bonds is 9. The van der Waals surface area contributed by atoms with Crippen molar-refractivity contribution in [3.05, 3.63) is 84.1 Å². The van der Waals surface area contributed by atoms with Gasteiger partial charge < -0.3 is 15.0 Å². The topological polar surface area (TPSA) is 101 Å². The van der Waals surface area contributed by atoms with Crippen molar-refractivity contribution in [2.45, 2.75) is 36.1 Å². The molecule has 176 valence electrons. The van der Waals surface area contributed by atoms with Crippen molar-refractivity contribution in [2.75, 3.05) is 6.61 Å². The van der Waals surface area contributed by atoms with Crippen molar-refractivity contribution in [1.82, 2.24) is 15.3 Å². The number of H-pyrrole nitrogens is 1. The predicted molar refractivity (Wildman–Crippen MR) is 126 cm³/mol. The van der Waals surface area contributed by atoms with Crippen molar-refractivity contribution < 1.29 is 22.3 Å². The number of carbonyl (C=O) groups is 1. The van der Waals surface area contributed by atoms with Gasteiger partial charge in [0.2, 0.25) is 9.84 Å². The van der Waals surface area contributed by atoms with E-state index in [4.69, 9.17) is 4.74 Å². The molecule has 0 atom stereocenters. The molecule has 7 nitrogen and oxygen atoms in total. The average Bonchev–Trinajstić information content (AvgIpc) is 3.27. The molecule has 0 unspecified atom stereocenters. The second kappa shape index (κ2) is 10.0. The molecule has 0 spiro atoms. The monoisotopic (exact) mass is 481 g/mol. The molecule has 2 aromatic heterocycles. The lowest BCUT2D eigenvalue weighted by atomic mass is 10.2. The highest BCUT2D eigenvalue weighted by atomic mass is 32.2. The number of sulfone groups is 1. The second-order valence-corrected chi connectivity index (χ2v) is 9.63. The standard InChI is InChI=1S/C25H24FN3O4S/c1-2-3-13-33-23-6-4-5-20(26)24(23)34(31,32)19-9-7-17(8-10-19)15-28-25(30)22-14-18-16-27-12-11-21(18)29-22/h4-12,14,16,29H,2-3,13,15H2,1H3,(H,28,30). The Hall–Kier alpha value is -3.72. The van der Waals surface area contributed by atoms with Gasteiger partial charge in [-0.3, -0.25) is 9.78 Å². The van der Waals surface area contributed by atoms with E-state index in [0.29, 0.717) is 17.9 Å². The van der Waals surface area contributed by atoms with E-state index in [-0.39, 0.29) is 23.1 Å². The van der Waals surface area contributed by atoms with E-state index < -0.39 is 20.5 Å². The van der Waals surface area contributed by atoms with Crippen molar-refractivity contribution >= 4 is 26.6 Å². The molecular formula is C25H24FN3O4S. The van der Waals surface area contributed by atoms with E-state index in [0.717, 1.165) is 29.8 Å². The molecule has 2 heterocycles. The summed E-state index contributed by atoms with van der Waals surface area (Å²) in [7, 11) is -4.14. The minimum absolute atomic E-state index is 0.00155. The maximum Gasteiger partial charge on any atom is 0.267 e. The summed E-state index contributed by atoms with van der Waals surface area (Å²) in [5, 5.41) is 3.62. The maximum atomic E-state index is 14.6. The third-order valence-corrected chi connectivity index (χ3v) is 7.13. The summed E-state index contributed by atoms with van der Waals surface area (Å²) in [5.74, 6) is -1.16. The average molecular weight is 482 g/mol. The molecule has 1 amide bonds. The van der Waals surface area contributed by atoms with Gasteiger partial charge in [0.25, 0.3) is 5.91 Å². The predicted octanol–water partition coefficient (Wildman–Crippen LogP) is 4.64. The Bertz CT molecular complexity index is 1380. The van der Waals surface area contributed by atoms with Crippen LogP contribution >= 0.6 is 0 Å². The molecule has 34 heavy (non-hydrogen) atoms. The summed E-state index contributed by atoms with van der Waals surface area (Å²) in [6, 6.07) is 13.4. The normalized spacial score (nSPS) is 11.5. The van der Waals surface area contributed by atoms with E-state index in [2.05, 4.69) is 15.3 Å². The quantitative estimate of drug-likeness (QED) is 0.339. The smallest absolute Gasteiger partial charge is 0.267 e. The lowest BCUT2D eigenvalue weighted by Gasteiger charge is -2.13. The fourth-order valence-electron chi connectivity index (χ4n) is 3.47. The zero-order valence-electron chi connectivity index (χ0n) is 18.5. The fourth-order valence-corrected chi connectivity index (χ4v) is 4.91. The summed E-state index contributed by atoms with van der Waals surface area (Å²) in [4.78, 5) is 19.0. The van der Waals surface area contributed by atoms with Gasteiger partial charge in [-0.15, -0.1) is 0 Å². The van der Waals surface area contributed by atoms with Crippen molar-refractivity contribution in [3.8, 4) is 5.75 Å². The van der Waals surface area contributed by atoms with Crippen LogP contribution in [0.5, 0.6) is 5.75 Å². The van der Waals surface area contributed by atoms with E-state index >= 15 is 0 Å². The molecule has 0 aliphatic carbocycles. The van der Waals surface area contributed by atoms with Gasteiger partial charge in [-0.1, -0.05) is 31.5 Å². The number of aromatic nitrogens is 2. The molecule has 0 aliphatic rings. The van der Waals surface area contributed by atoms with Gasteiger partial charge >= 0.3 is 0 Å². The maximum absolute atomic E-state index is 14.6. The Morgan fingerprint density at radius 2 is 1.94 bits per heavy atom. The molecule has 4 rings (SSSR count). The molecule has 0 radical (unpaired) electrons. The van der Waals surface area contributed by atoms with Crippen molar-refractivity contribution in [2.24, 2.45) is 0 Å². The molecular weight excluding hydrogens is 457 g/mol. The largest absolute Gasteiger partial charge is 0.492 e. The van der Waals surface area contributed by atoms with Crippen molar-refractivity contribution in [1.29, 1.82) is 0 Å². The van der Waals surface area contributed by atoms with Gasteiger partial charge in [-0.2, -0.15) is 0 Å². The highest BCUT2D eigenvalue weighted by molar-refractivity contribution is 7.91. The van der Waals surface area contributed by atoms with Crippen LogP contribution in [0, 0.1) is 5.82 Å². The number of carbonyl (C=O) groups excluding carboxylic acids is 1. The number of ether oxygens (including phenoxy) is 1. The first-order valence-electron chi connectivity index (χ1n) is 10.9. The summed E-state index contributed by atoms with van der Waals surface area (Å²) in [6.45, 7) is 2.47. The van der Waals surface area contributed by atoms with Gasteiger partial charge in [0, 0.05) is 29.8 Å². The lowest BCUT2D eigenvalue weighted by molar-refractivity contribution is 0.0946. The van der Waals surface area contributed by atoms with Crippen LogP contribution in [0.3, 0.4) is 0 Å². The summed E-state index contributed by atoms with van der Waals surface area (Å²) >= 11 is 0. The number of amides is 1. The first-order chi connectivity index (χ1) is 16.4. The minimum atomic E-state index is -4.14. The number of unbranched alkanes of at least 4 members (excludes halogenated alkanes) is 1. The third-order valence-electron chi connectivity index (χ3n) is 5.31. The molecule has 0 aliphatic heterocycles. The Kier molecular flexibility index (Phi) is 6.93. The van der Waals surface area contributed by atoms with Crippen LogP contribution in [0.2, 0.25) is 0 Å². The summed E-state index contributed by atoms with van der Waals surface area (Å²) in [5.41, 5.74) is 1.90. The molecule has 0 fully saturated rings. The number of hydrogen-bond donors (Lipinski definition) is 2. The number of aromatic amines is 1. The SMILES string of the molecule is CCCCOc1cccc(F)c1S(=O)(=O)c1ccc(CNC(=O)c2cc3cnccc3[nH]2)cc1. The van der Waals surface area contributed by atoms with Crippen LogP contribution in [0.25, 0.3) is 10.9 Å². The van der Waals surface area contributed by atoms with Gasteiger partial charge in [0.1, 0.15) is 22.2 Å². The van der Waals surface area contributed by atoms with Gasteiger partial charge in [-0.25, -0.2) is 12.8 Å². The lowest BCUT2D eigenvalue weighted by Crippen LogP contribution is -2.23. The first-order valence-corrected chi connectivity index (χ1v) is 12.3. The third kappa shape index (κ3) is 4.94. The van der Waals surface area contributed by atoms with Gasteiger partial charge in [0.15, 0.2) is 0 Å². The summed E-state index contributed by atoms with van der Waals surface area (Å²) in [6.07, 6.45) is 4.90. The van der Waals surface area contributed by atoms with Crippen LogP contribution < -0.4 is 10.1 Å². The van der Waals surface area contributed by atoms with Crippen LogP contribution in [0.15, 0.2) is 76.8 Å². The first kappa shape index (κ1) is 23.4. The highest BCUT2D eigenvalue weighted by Gasteiger charge is 2.26. The molecule has 0 saturated heterocycles. The van der Waals surface area contributed by atoms with E-state index in [1.807, 2.05) is 6.92 Å². The molecule has 2 N–H and O–H groups in total. The number of fused-ring (bicyclic) bond motifs is 1. The number of benzene rings is 2. The van der Waals surface area contributed by atoms with Crippen LogP contribution in [0.1, 0.15) is 35.8 Å². The number of halogens is 1. The van der Waals surface area contributed by atoms with Gasteiger partial charge in [-0.05, 0) is 48.4 Å². The minimum Gasteiger partial charge on any atom is -0.492 e. The van der Waals surface area contributed by atoms with E-state index in [1.165, 1.54) is 24.3 Å². The van der Waals surface area contributed by atoms with E-state index in [1.54, 1.807) is 36.7 Å². The van der Waals surface area contributed by atoms with Crippen LogP contribution in [0.4, 0.5) is 4.39 Å². The molecule has 4 aromatic rings. The molecule has 0 bridgehead atoms. The fraction of sp³-hybridized carbons (Fsp3) is 0.200. The van der Waals surface area contributed by atoms with Crippen molar-refractivity contribution in [3.63, 3.8) is 0 Å². The number of nitrogens with one attached hydrogen (secondary N) is 2. The Morgan fingerprint density at radius 1 is 1.15 bits per heavy atom. The van der Waals surface area contributed by atoms with Crippen LogP contribution in [-0.2, 0) is 16.4 Å². The number of nitrogens with zero attached hydrogens (tertiary/aromatic N) is 1. The molecule has 0 saturated carbocycles. The van der Waals surface area contributed by atoms with Gasteiger partial charge in [0.05, 0.1) is 11.5 Å². The Labute approximate surface area is 196 Å². The van der Waals surface area contributed by atoms with E-state index in [9.17, 15) is 17.6 Å². The number of hydrogen-bond acceptors (Lipinski definition) is 5. The highest BCUT2D eigenvalue weighted by Crippen LogP contribution is 2.32. The number of pyridine rings is 1. The molecule has 2 aromatic carbocycles.